The lowest BCUT2D eigenvalue weighted by Crippen LogP contribution is -2.41. The fourth-order valence-corrected chi connectivity index (χ4v) is 3.03. The van der Waals surface area contributed by atoms with Crippen molar-refractivity contribution in [1.82, 2.24) is 15.5 Å². The van der Waals surface area contributed by atoms with E-state index in [1.54, 1.807) is 12.1 Å². The maximum absolute atomic E-state index is 12.8. The number of ether oxygens (including phenoxy) is 1. The number of aromatic nitrogens is 2. The highest BCUT2D eigenvalue weighted by Crippen LogP contribution is 2.32. The first kappa shape index (κ1) is 19.6. The molecule has 0 radical (unpaired) electrons. The zero-order valence-corrected chi connectivity index (χ0v) is 16.3. The highest BCUT2D eigenvalue weighted by atomic mass is 16.5. The maximum atomic E-state index is 12.8. The van der Waals surface area contributed by atoms with Gasteiger partial charge in [-0.15, -0.1) is 0 Å². The number of nitrogens with one attached hydrogen (secondary N) is 2. The van der Waals surface area contributed by atoms with Crippen LogP contribution in [-0.4, -0.2) is 41.0 Å². The fraction of sp³-hybridized carbons (Fsp3) is 0.273. The Morgan fingerprint density at radius 3 is 2.61 bits per heavy atom. The minimum atomic E-state index is -0.324. The minimum absolute atomic E-state index is 0.113. The van der Waals surface area contributed by atoms with Crippen LogP contribution in [-0.2, 0) is 0 Å². The van der Waals surface area contributed by atoms with Crippen LogP contribution >= 0.6 is 0 Å². The van der Waals surface area contributed by atoms with Gasteiger partial charge < -0.3 is 15.2 Å². The van der Waals surface area contributed by atoms with Gasteiger partial charge in [-0.05, 0) is 29.7 Å². The Labute approximate surface area is 164 Å². The minimum Gasteiger partial charge on any atom is -0.495 e. The molecular formula is C22H25N3O3. The van der Waals surface area contributed by atoms with Gasteiger partial charge in [-0.25, -0.2) is 0 Å². The molecule has 28 heavy (non-hydrogen) atoms. The molecule has 3 N–H and O–H groups in total. The molecule has 6 nitrogen and oxygen atoms in total. The largest absolute Gasteiger partial charge is 0.495 e. The Balaban J connectivity index is 1.99. The van der Waals surface area contributed by atoms with Crippen molar-refractivity contribution in [1.29, 1.82) is 0 Å². The lowest BCUT2D eigenvalue weighted by molar-refractivity contribution is 0.0894. The van der Waals surface area contributed by atoms with E-state index in [-0.39, 0.29) is 24.5 Å². The van der Waals surface area contributed by atoms with Gasteiger partial charge in [0.25, 0.3) is 5.91 Å². The van der Waals surface area contributed by atoms with Crippen LogP contribution in [0, 0.1) is 5.92 Å². The Bertz CT molecular complexity index is 977. The molecule has 0 fully saturated rings. The summed E-state index contributed by atoms with van der Waals surface area (Å²) in [6.45, 7) is 3.78. The highest BCUT2D eigenvalue weighted by Gasteiger charge is 2.22. The molecule has 0 unspecified atom stereocenters. The average molecular weight is 379 g/mol. The Morgan fingerprint density at radius 1 is 1.21 bits per heavy atom. The molecule has 0 saturated carbocycles. The van der Waals surface area contributed by atoms with Crippen LogP contribution in [0.4, 0.5) is 0 Å². The fourth-order valence-electron chi connectivity index (χ4n) is 3.03. The first-order valence-electron chi connectivity index (χ1n) is 9.25. The summed E-state index contributed by atoms with van der Waals surface area (Å²) < 4.78 is 5.59. The summed E-state index contributed by atoms with van der Waals surface area (Å²) in [5.41, 5.74) is 2.93. The molecule has 0 spiro atoms. The van der Waals surface area contributed by atoms with Crippen LogP contribution in [0.5, 0.6) is 5.75 Å². The highest BCUT2D eigenvalue weighted by molar-refractivity contribution is 6.05. The zero-order valence-electron chi connectivity index (χ0n) is 16.3. The number of benzene rings is 2. The number of H-pyrrole nitrogens is 1. The van der Waals surface area contributed by atoms with Gasteiger partial charge in [0, 0.05) is 0 Å². The molecule has 0 aliphatic carbocycles. The molecule has 1 heterocycles. The molecule has 6 heteroatoms. The molecule has 146 valence electrons. The van der Waals surface area contributed by atoms with Gasteiger partial charge in [0.05, 0.1) is 41.9 Å². The quantitative estimate of drug-likeness (QED) is 0.586. The molecule has 3 rings (SSSR count). The molecule has 0 saturated heterocycles. The van der Waals surface area contributed by atoms with Crippen LogP contribution in [0.15, 0.2) is 42.5 Å². The lowest BCUT2D eigenvalue weighted by Gasteiger charge is -2.20. The Morgan fingerprint density at radius 2 is 1.96 bits per heavy atom. The second-order valence-electron chi connectivity index (χ2n) is 6.93. The molecule has 1 amide bonds. The van der Waals surface area contributed by atoms with Gasteiger partial charge in [0.1, 0.15) is 5.75 Å². The number of methoxy groups -OCH3 is 1. The number of rotatable bonds is 7. The summed E-state index contributed by atoms with van der Waals surface area (Å²) in [7, 11) is 1.54. The number of amides is 1. The molecule has 0 bridgehead atoms. The van der Waals surface area contributed by atoms with Gasteiger partial charge in [-0.1, -0.05) is 50.3 Å². The summed E-state index contributed by atoms with van der Waals surface area (Å²) in [5, 5.41) is 20.5. The van der Waals surface area contributed by atoms with Crippen LogP contribution in [0.1, 0.15) is 35.5 Å². The van der Waals surface area contributed by atoms with Gasteiger partial charge in [-0.3, -0.25) is 9.89 Å². The molecule has 0 aliphatic rings. The molecule has 1 aromatic heterocycles. The van der Waals surface area contributed by atoms with E-state index in [1.807, 2.05) is 56.3 Å². The van der Waals surface area contributed by atoms with Crippen molar-refractivity contribution >= 4 is 29.0 Å². The number of aromatic amines is 1. The standard InChI is InChI=1S/C22H25N3O3/c1-14(2)19(13-26)23-22(27)16-10-12-18-20(21(16)28-3)17(24-25-18)11-9-15-7-5-4-6-8-15/h4-12,14,19,26H,13H2,1-3H3,(H,23,27)(H,24,25)/t19-/m1/s1. The maximum Gasteiger partial charge on any atom is 0.255 e. The van der Waals surface area contributed by atoms with Crippen LogP contribution in [0.25, 0.3) is 23.1 Å². The second-order valence-corrected chi connectivity index (χ2v) is 6.93. The third-order valence-corrected chi connectivity index (χ3v) is 4.71. The molecule has 1 atom stereocenters. The van der Waals surface area contributed by atoms with E-state index in [0.717, 1.165) is 16.6 Å². The van der Waals surface area contributed by atoms with Gasteiger partial charge >= 0.3 is 0 Å². The topological polar surface area (TPSA) is 87.2 Å². The summed E-state index contributed by atoms with van der Waals surface area (Å²) in [5.74, 6) is 0.282. The van der Waals surface area contributed by atoms with Crippen molar-refractivity contribution in [3.05, 3.63) is 59.3 Å². The van der Waals surface area contributed by atoms with Gasteiger partial charge in [0.2, 0.25) is 0 Å². The van der Waals surface area contributed by atoms with Crippen molar-refractivity contribution in [2.75, 3.05) is 13.7 Å². The van der Waals surface area contributed by atoms with Crippen molar-refractivity contribution < 1.29 is 14.6 Å². The molecular weight excluding hydrogens is 354 g/mol. The lowest BCUT2D eigenvalue weighted by atomic mass is 10.0. The number of nitrogens with zero attached hydrogens (tertiary/aromatic N) is 1. The first-order chi connectivity index (χ1) is 13.5. The number of hydrogen-bond donors (Lipinski definition) is 3. The number of aliphatic hydroxyl groups is 1. The Kier molecular flexibility index (Phi) is 6.11. The van der Waals surface area contributed by atoms with Crippen molar-refractivity contribution in [2.24, 2.45) is 5.92 Å². The number of carbonyl (C=O) groups excluding carboxylic acids is 1. The summed E-state index contributed by atoms with van der Waals surface area (Å²) in [4.78, 5) is 12.8. The summed E-state index contributed by atoms with van der Waals surface area (Å²) >= 11 is 0. The van der Waals surface area contributed by atoms with Gasteiger partial charge in [0.15, 0.2) is 0 Å². The second kappa shape index (κ2) is 8.71. The van der Waals surface area contributed by atoms with E-state index in [4.69, 9.17) is 4.74 Å². The average Bonchev–Trinajstić information content (AvgIpc) is 3.13. The Hall–Kier alpha value is -3.12. The number of carbonyl (C=O) groups is 1. The smallest absolute Gasteiger partial charge is 0.255 e. The van der Waals surface area contributed by atoms with E-state index >= 15 is 0 Å². The van der Waals surface area contributed by atoms with Crippen LogP contribution in [0.2, 0.25) is 0 Å². The SMILES string of the molecule is COc1c(C(=O)N[C@H](CO)C(C)C)ccc2n[nH]c(C=Cc3ccccc3)c12. The molecule has 3 aromatic rings. The summed E-state index contributed by atoms with van der Waals surface area (Å²) in [6, 6.07) is 13.1. The predicted molar refractivity (Wildman–Crippen MR) is 111 cm³/mol. The monoisotopic (exact) mass is 379 g/mol. The zero-order chi connectivity index (χ0) is 20.1. The number of fused-ring (bicyclic) bond motifs is 1. The van der Waals surface area contributed by atoms with Gasteiger partial charge in [-0.2, -0.15) is 5.10 Å². The molecule has 0 aliphatic heterocycles. The third kappa shape index (κ3) is 4.07. The van der Waals surface area contributed by atoms with Crippen LogP contribution < -0.4 is 10.1 Å². The number of aliphatic hydroxyl groups excluding tert-OH is 1. The third-order valence-electron chi connectivity index (χ3n) is 4.71. The predicted octanol–water partition coefficient (Wildman–Crippen LogP) is 3.49. The van der Waals surface area contributed by atoms with Crippen LogP contribution in [0.3, 0.4) is 0 Å². The summed E-state index contributed by atoms with van der Waals surface area (Å²) in [6.07, 6.45) is 3.89. The first-order valence-corrected chi connectivity index (χ1v) is 9.25. The van der Waals surface area contributed by atoms with E-state index in [9.17, 15) is 9.90 Å². The number of hydrogen-bond acceptors (Lipinski definition) is 4. The van der Waals surface area contributed by atoms with E-state index < -0.39 is 0 Å². The normalized spacial score (nSPS) is 12.6. The van der Waals surface area contributed by atoms with E-state index in [0.29, 0.717) is 16.8 Å². The van der Waals surface area contributed by atoms with Crippen molar-refractivity contribution in [2.45, 2.75) is 19.9 Å². The molecule has 2 aromatic carbocycles. The van der Waals surface area contributed by atoms with Crippen molar-refractivity contribution in [3.8, 4) is 5.75 Å². The van der Waals surface area contributed by atoms with E-state index in [2.05, 4.69) is 15.5 Å². The van der Waals surface area contributed by atoms with Crippen molar-refractivity contribution in [3.63, 3.8) is 0 Å². The van der Waals surface area contributed by atoms with E-state index in [1.165, 1.54) is 7.11 Å².